The predicted octanol–water partition coefficient (Wildman–Crippen LogP) is 2.13. The van der Waals surface area contributed by atoms with Crippen molar-refractivity contribution in [2.45, 2.75) is 26.3 Å². The van der Waals surface area contributed by atoms with Crippen LogP contribution in [0.25, 0.3) is 10.9 Å². The minimum Gasteiger partial charge on any atom is -0.343 e. The summed E-state index contributed by atoms with van der Waals surface area (Å²) in [7, 11) is 0. The van der Waals surface area contributed by atoms with Gasteiger partial charge in [-0.2, -0.15) is 0 Å². The van der Waals surface area contributed by atoms with E-state index in [1.54, 1.807) is 6.20 Å². The molecule has 0 unspecified atom stereocenters. The zero-order chi connectivity index (χ0) is 9.97. The van der Waals surface area contributed by atoms with E-state index >= 15 is 0 Å². The SMILES string of the molecule is CCCCn1ccc2cc[nH]c(=O)c21. The van der Waals surface area contributed by atoms with Gasteiger partial charge in [-0.25, -0.2) is 0 Å². The van der Waals surface area contributed by atoms with Gasteiger partial charge in [0.2, 0.25) is 0 Å². The van der Waals surface area contributed by atoms with Crippen LogP contribution in [-0.4, -0.2) is 9.55 Å². The Morgan fingerprint density at radius 3 is 3.07 bits per heavy atom. The second-order valence-corrected chi connectivity index (χ2v) is 3.47. The van der Waals surface area contributed by atoms with Gasteiger partial charge in [-0.15, -0.1) is 0 Å². The molecule has 2 rings (SSSR count). The van der Waals surface area contributed by atoms with Crippen molar-refractivity contribution in [1.29, 1.82) is 0 Å². The van der Waals surface area contributed by atoms with E-state index in [1.807, 2.05) is 22.9 Å². The van der Waals surface area contributed by atoms with Gasteiger partial charge in [0.15, 0.2) is 0 Å². The molecule has 0 bridgehead atoms. The molecule has 1 N–H and O–H groups in total. The molecule has 0 aliphatic heterocycles. The number of H-pyrrole nitrogens is 1. The van der Waals surface area contributed by atoms with Crippen molar-refractivity contribution in [3.8, 4) is 0 Å². The summed E-state index contributed by atoms with van der Waals surface area (Å²) >= 11 is 0. The highest BCUT2D eigenvalue weighted by molar-refractivity contribution is 5.78. The zero-order valence-corrected chi connectivity index (χ0v) is 8.29. The second-order valence-electron chi connectivity index (χ2n) is 3.47. The fourth-order valence-corrected chi connectivity index (χ4v) is 1.68. The largest absolute Gasteiger partial charge is 0.343 e. The van der Waals surface area contributed by atoms with Crippen LogP contribution in [0.15, 0.2) is 29.3 Å². The monoisotopic (exact) mass is 190 g/mol. The fraction of sp³-hybridized carbons (Fsp3) is 0.364. The van der Waals surface area contributed by atoms with E-state index in [-0.39, 0.29) is 5.56 Å². The van der Waals surface area contributed by atoms with Crippen molar-refractivity contribution in [1.82, 2.24) is 9.55 Å². The molecule has 2 aromatic heterocycles. The zero-order valence-electron chi connectivity index (χ0n) is 8.29. The molecule has 0 spiro atoms. The fourth-order valence-electron chi connectivity index (χ4n) is 1.68. The summed E-state index contributed by atoms with van der Waals surface area (Å²) in [4.78, 5) is 14.2. The van der Waals surface area contributed by atoms with Crippen LogP contribution in [0, 0.1) is 0 Å². The normalized spacial score (nSPS) is 10.9. The van der Waals surface area contributed by atoms with E-state index in [2.05, 4.69) is 11.9 Å². The molecule has 3 heteroatoms. The van der Waals surface area contributed by atoms with Crippen LogP contribution in [0.5, 0.6) is 0 Å². The summed E-state index contributed by atoms with van der Waals surface area (Å²) in [6.07, 6.45) is 5.92. The number of rotatable bonds is 3. The lowest BCUT2D eigenvalue weighted by molar-refractivity contribution is 0.648. The summed E-state index contributed by atoms with van der Waals surface area (Å²) in [6, 6.07) is 3.92. The van der Waals surface area contributed by atoms with Crippen LogP contribution in [0.3, 0.4) is 0 Å². The molecule has 0 saturated carbocycles. The number of nitrogens with one attached hydrogen (secondary N) is 1. The molecule has 0 atom stereocenters. The van der Waals surface area contributed by atoms with E-state index < -0.39 is 0 Å². The average Bonchev–Trinajstić information content (AvgIpc) is 2.59. The first kappa shape index (κ1) is 9.06. The summed E-state index contributed by atoms with van der Waals surface area (Å²) in [5.41, 5.74) is 0.796. The van der Waals surface area contributed by atoms with Crippen LogP contribution in [0.1, 0.15) is 19.8 Å². The number of aromatic nitrogens is 2. The molecule has 74 valence electrons. The first-order chi connectivity index (χ1) is 6.83. The Kier molecular flexibility index (Phi) is 2.39. The molecule has 0 aliphatic carbocycles. The van der Waals surface area contributed by atoms with Gasteiger partial charge < -0.3 is 9.55 Å². The van der Waals surface area contributed by atoms with Crippen LogP contribution in [-0.2, 0) is 6.54 Å². The predicted molar refractivity (Wildman–Crippen MR) is 57.5 cm³/mol. The van der Waals surface area contributed by atoms with Crippen molar-refractivity contribution < 1.29 is 0 Å². The average molecular weight is 190 g/mol. The van der Waals surface area contributed by atoms with Gasteiger partial charge >= 0.3 is 0 Å². The van der Waals surface area contributed by atoms with E-state index in [9.17, 15) is 4.79 Å². The van der Waals surface area contributed by atoms with Gasteiger partial charge in [0, 0.05) is 24.3 Å². The Balaban J connectivity index is 2.50. The van der Waals surface area contributed by atoms with E-state index in [1.165, 1.54) is 0 Å². The third-order valence-electron chi connectivity index (χ3n) is 2.44. The Morgan fingerprint density at radius 1 is 1.43 bits per heavy atom. The Hall–Kier alpha value is -1.51. The van der Waals surface area contributed by atoms with Gasteiger partial charge in [0.05, 0.1) is 0 Å². The molecule has 14 heavy (non-hydrogen) atoms. The minimum atomic E-state index is 0.00334. The second kappa shape index (κ2) is 3.70. The Morgan fingerprint density at radius 2 is 2.29 bits per heavy atom. The highest BCUT2D eigenvalue weighted by Crippen LogP contribution is 2.10. The van der Waals surface area contributed by atoms with Crippen molar-refractivity contribution >= 4 is 10.9 Å². The lowest BCUT2D eigenvalue weighted by Gasteiger charge is -2.02. The van der Waals surface area contributed by atoms with Gasteiger partial charge in [-0.3, -0.25) is 4.79 Å². The van der Waals surface area contributed by atoms with Crippen molar-refractivity contribution in [3.63, 3.8) is 0 Å². The summed E-state index contributed by atoms with van der Waals surface area (Å²) in [5, 5.41) is 1.02. The quantitative estimate of drug-likeness (QED) is 0.791. The molecule has 0 fully saturated rings. The smallest absolute Gasteiger partial charge is 0.272 e. The number of unbranched alkanes of at least 4 members (excludes halogenated alkanes) is 1. The van der Waals surface area contributed by atoms with Crippen LogP contribution < -0.4 is 5.56 Å². The minimum absolute atomic E-state index is 0.00334. The molecule has 0 amide bonds. The molecule has 2 heterocycles. The third kappa shape index (κ3) is 1.45. The Bertz CT molecular complexity index is 481. The summed E-state index contributed by atoms with van der Waals surface area (Å²) in [6.45, 7) is 3.07. The van der Waals surface area contributed by atoms with E-state index in [0.717, 1.165) is 30.3 Å². The number of aryl methyl sites for hydroxylation is 1. The molecule has 3 nitrogen and oxygen atoms in total. The van der Waals surface area contributed by atoms with Crippen molar-refractivity contribution in [3.05, 3.63) is 34.9 Å². The number of fused-ring (bicyclic) bond motifs is 1. The molecule has 0 saturated heterocycles. The molecular formula is C11H14N2O. The van der Waals surface area contributed by atoms with Crippen LogP contribution in [0.4, 0.5) is 0 Å². The van der Waals surface area contributed by atoms with Crippen molar-refractivity contribution in [2.75, 3.05) is 0 Å². The Labute approximate surface area is 82.4 Å². The van der Waals surface area contributed by atoms with Gasteiger partial charge in [-0.1, -0.05) is 13.3 Å². The van der Waals surface area contributed by atoms with Crippen LogP contribution >= 0.6 is 0 Å². The molecule has 0 radical (unpaired) electrons. The summed E-state index contributed by atoms with van der Waals surface area (Å²) < 4.78 is 2.03. The number of nitrogens with zero attached hydrogens (tertiary/aromatic N) is 1. The maximum absolute atomic E-state index is 11.5. The highest BCUT2D eigenvalue weighted by Gasteiger charge is 2.03. The maximum Gasteiger partial charge on any atom is 0.272 e. The number of aromatic amines is 1. The van der Waals surface area contributed by atoms with Gasteiger partial charge in [-0.05, 0) is 18.6 Å². The lowest BCUT2D eigenvalue weighted by atomic mass is 10.3. The maximum atomic E-state index is 11.5. The molecular weight excluding hydrogens is 176 g/mol. The lowest BCUT2D eigenvalue weighted by Crippen LogP contribution is -2.09. The number of pyridine rings is 1. The summed E-state index contributed by atoms with van der Waals surface area (Å²) in [5.74, 6) is 0. The highest BCUT2D eigenvalue weighted by atomic mass is 16.1. The third-order valence-corrected chi connectivity index (χ3v) is 2.44. The first-order valence-corrected chi connectivity index (χ1v) is 4.99. The number of hydrogen-bond acceptors (Lipinski definition) is 1. The van der Waals surface area contributed by atoms with Crippen molar-refractivity contribution in [2.24, 2.45) is 0 Å². The van der Waals surface area contributed by atoms with Crippen LogP contribution in [0.2, 0.25) is 0 Å². The van der Waals surface area contributed by atoms with Gasteiger partial charge in [0.25, 0.3) is 5.56 Å². The standard InChI is InChI=1S/C11H14N2O/c1-2-3-7-13-8-5-9-4-6-12-11(14)10(9)13/h4-6,8H,2-3,7H2,1H3,(H,12,14). The van der Waals surface area contributed by atoms with E-state index in [0.29, 0.717) is 0 Å². The topological polar surface area (TPSA) is 37.8 Å². The van der Waals surface area contributed by atoms with E-state index in [4.69, 9.17) is 0 Å². The molecule has 0 aromatic carbocycles. The molecule has 2 aromatic rings. The number of hydrogen-bond donors (Lipinski definition) is 1. The first-order valence-electron chi connectivity index (χ1n) is 4.99. The molecule has 0 aliphatic rings. The van der Waals surface area contributed by atoms with Gasteiger partial charge in [0.1, 0.15) is 5.52 Å².